The van der Waals surface area contributed by atoms with E-state index in [0.717, 1.165) is 33.2 Å². The van der Waals surface area contributed by atoms with Crippen molar-refractivity contribution < 1.29 is 41.8 Å². The smallest absolute Gasteiger partial charge is 0.433 e. The lowest BCUT2D eigenvalue weighted by Gasteiger charge is -2.50. The van der Waals surface area contributed by atoms with E-state index in [2.05, 4.69) is 26.3 Å². The van der Waals surface area contributed by atoms with Crippen LogP contribution in [0.5, 0.6) is 5.75 Å². The third-order valence-electron chi connectivity index (χ3n) is 11.3. The van der Waals surface area contributed by atoms with E-state index < -0.39 is 82.1 Å². The molecule has 6 atom stereocenters. The Bertz CT molecular complexity index is 2370. The molecule has 3 fully saturated rings. The predicted molar refractivity (Wildman–Crippen MR) is 199 cm³/mol. The minimum atomic E-state index is -4.84. The number of fused-ring (bicyclic) bond motifs is 4. The minimum Gasteiger partial charge on any atom is -0.508 e. The fourth-order valence-electron chi connectivity index (χ4n) is 8.95. The van der Waals surface area contributed by atoms with Crippen LogP contribution >= 0.6 is 39.1 Å². The van der Waals surface area contributed by atoms with E-state index in [-0.39, 0.29) is 34.9 Å². The maximum atomic E-state index is 15.2. The van der Waals surface area contributed by atoms with Gasteiger partial charge in [0.2, 0.25) is 0 Å². The van der Waals surface area contributed by atoms with Crippen LogP contribution in [0, 0.1) is 29.5 Å². The number of aromatic hydroxyl groups is 1. The number of aromatic nitrogens is 1. The Balaban J connectivity index is 1.29. The first-order chi connectivity index (χ1) is 26.5. The Morgan fingerprint density at radius 2 is 1.62 bits per heavy atom. The molecule has 2 saturated heterocycles. The number of nitrogens with zero attached hydrogens (tertiary/aromatic N) is 4. The first-order valence-corrected chi connectivity index (χ1v) is 18.8. The molecule has 4 aliphatic rings. The third kappa shape index (κ3) is 5.76. The van der Waals surface area contributed by atoms with Gasteiger partial charge in [0.1, 0.15) is 17.3 Å². The van der Waals surface area contributed by atoms with Crippen LogP contribution in [0.15, 0.2) is 95.0 Å². The van der Waals surface area contributed by atoms with Crippen LogP contribution in [0.2, 0.25) is 10.0 Å². The van der Waals surface area contributed by atoms with Crippen LogP contribution in [0.1, 0.15) is 35.6 Å². The Morgan fingerprint density at radius 1 is 0.929 bits per heavy atom. The molecule has 1 saturated carbocycles. The SMILES string of the molecule is CN(c1nc(C(F)(F)F)ccc1Cl)N1C(=O)C2CC=C3C(CC4C(=O)N(Nc5ccc(F)cc5)C(=O)C4(c4ccc(Cl)cc4)C3c3cc(Br)ccc3O)C2C1=O. The number of nitrogens with one attached hydrogen (secondary N) is 1. The van der Waals surface area contributed by atoms with Gasteiger partial charge in [-0.05, 0) is 91.1 Å². The molecule has 17 heteroatoms. The van der Waals surface area contributed by atoms with E-state index in [1.54, 1.807) is 42.5 Å². The summed E-state index contributed by atoms with van der Waals surface area (Å²) in [7, 11) is 1.21. The van der Waals surface area contributed by atoms with Crippen LogP contribution in [0.25, 0.3) is 0 Å². The van der Waals surface area contributed by atoms with E-state index in [4.69, 9.17) is 23.2 Å². The lowest BCUT2D eigenvalue weighted by Crippen LogP contribution is -2.53. The largest absolute Gasteiger partial charge is 0.508 e. The maximum absolute atomic E-state index is 15.2. The van der Waals surface area contributed by atoms with Crippen LogP contribution in [0.4, 0.5) is 29.1 Å². The molecule has 3 aromatic carbocycles. The number of anilines is 2. The van der Waals surface area contributed by atoms with Gasteiger partial charge in [0.05, 0.1) is 33.9 Å². The average molecular weight is 873 g/mol. The van der Waals surface area contributed by atoms with Crippen LogP contribution in [-0.4, -0.2) is 50.8 Å². The zero-order chi connectivity index (χ0) is 40.0. The van der Waals surface area contributed by atoms with Crippen LogP contribution < -0.4 is 10.4 Å². The topological polar surface area (TPSA) is 123 Å². The number of phenolic OH excluding ortho intramolecular Hbond substituents is 1. The highest BCUT2D eigenvalue weighted by Gasteiger charge is 2.71. The quantitative estimate of drug-likeness (QED) is 0.113. The molecule has 288 valence electrons. The van der Waals surface area contributed by atoms with Crippen molar-refractivity contribution in [1.82, 2.24) is 15.0 Å². The van der Waals surface area contributed by atoms with Crippen molar-refractivity contribution in [2.45, 2.75) is 30.4 Å². The molecular formula is C39H28BrCl2F4N5O5. The number of hydrogen-bond acceptors (Lipinski definition) is 8. The zero-order valence-corrected chi connectivity index (χ0v) is 32.0. The summed E-state index contributed by atoms with van der Waals surface area (Å²) >= 11 is 16.1. The number of imide groups is 2. The number of hydrogen-bond donors (Lipinski definition) is 2. The number of benzene rings is 3. The lowest BCUT2D eigenvalue weighted by atomic mass is 9.49. The first kappa shape index (κ1) is 37.9. The van der Waals surface area contributed by atoms with Gasteiger partial charge in [-0.15, -0.1) is 0 Å². The Morgan fingerprint density at radius 3 is 2.30 bits per heavy atom. The number of pyridine rings is 1. The minimum absolute atomic E-state index is 0.0124. The lowest BCUT2D eigenvalue weighted by molar-refractivity contribution is -0.142. The second-order valence-electron chi connectivity index (χ2n) is 14.1. The molecule has 0 bridgehead atoms. The number of halogens is 7. The molecule has 2 aliphatic heterocycles. The van der Waals surface area contributed by atoms with Crippen molar-refractivity contribution in [2.24, 2.45) is 23.7 Å². The van der Waals surface area contributed by atoms with Crippen molar-refractivity contribution >= 4 is 74.3 Å². The van der Waals surface area contributed by atoms with E-state index in [9.17, 15) is 37.1 Å². The Hall–Kier alpha value is -4.99. The monoisotopic (exact) mass is 871 g/mol. The van der Waals surface area contributed by atoms with Gasteiger partial charge in [-0.1, -0.05) is 62.9 Å². The molecule has 2 aliphatic carbocycles. The highest BCUT2D eigenvalue weighted by molar-refractivity contribution is 9.10. The normalized spacial score (nSPS) is 25.9. The number of hydrazine groups is 2. The van der Waals surface area contributed by atoms with Gasteiger partial charge < -0.3 is 5.11 Å². The van der Waals surface area contributed by atoms with Gasteiger partial charge in [-0.2, -0.15) is 23.2 Å². The molecular weight excluding hydrogens is 845 g/mol. The third-order valence-corrected chi connectivity index (χ3v) is 12.3. The van der Waals surface area contributed by atoms with Gasteiger partial charge in [0, 0.05) is 28.0 Å². The van der Waals surface area contributed by atoms with E-state index in [1.807, 2.05) is 0 Å². The van der Waals surface area contributed by atoms with E-state index in [1.165, 1.54) is 25.2 Å². The van der Waals surface area contributed by atoms with Crippen LogP contribution in [-0.2, 0) is 30.8 Å². The molecule has 0 spiro atoms. The molecule has 6 unspecified atom stereocenters. The number of carbonyl (C=O) groups excluding carboxylic acids is 4. The van der Waals surface area contributed by atoms with Gasteiger partial charge in [-0.25, -0.2) is 9.37 Å². The van der Waals surface area contributed by atoms with Crippen molar-refractivity contribution in [1.29, 1.82) is 0 Å². The molecule has 56 heavy (non-hydrogen) atoms. The molecule has 4 amide bonds. The molecule has 3 heterocycles. The first-order valence-electron chi connectivity index (χ1n) is 17.2. The van der Waals surface area contributed by atoms with Gasteiger partial charge in [0.25, 0.3) is 23.6 Å². The summed E-state index contributed by atoms with van der Waals surface area (Å²) in [6.45, 7) is 0. The van der Waals surface area contributed by atoms with Crippen molar-refractivity contribution in [3.63, 3.8) is 0 Å². The highest BCUT2D eigenvalue weighted by atomic mass is 79.9. The second kappa shape index (κ2) is 13.6. The standard InChI is InChI=1S/C39H28BrCl2F4N5O5/c1-49(33-28(42)13-15-30(47-33)39(44,45)46)51-34(53)24-12-11-23-25(31(24)36(51)55)17-27-35(54)50(48-22-9-7-21(43)8-10-22)37(56)38(27,18-2-5-20(41)6-3-18)32(23)26-16-19(40)4-14-29(26)52/h2-11,13-16,24-25,27,31-32,48,52H,12,17H2,1H3. The summed E-state index contributed by atoms with van der Waals surface area (Å²) in [5.74, 6) is -9.37. The predicted octanol–water partition coefficient (Wildman–Crippen LogP) is 8.05. The maximum Gasteiger partial charge on any atom is 0.433 e. The second-order valence-corrected chi connectivity index (χ2v) is 15.8. The van der Waals surface area contributed by atoms with Crippen molar-refractivity contribution in [3.8, 4) is 5.75 Å². The zero-order valence-electron chi connectivity index (χ0n) is 28.9. The summed E-state index contributed by atoms with van der Waals surface area (Å²) in [4.78, 5) is 62.4. The highest BCUT2D eigenvalue weighted by Crippen LogP contribution is 2.65. The average Bonchev–Trinajstić information content (AvgIpc) is 3.54. The van der Waals surface area contributed by atoms with Crippen molar-refractivity contribution in [2.75, 3.05) is 17.5 Å². The molecule has 1 aromatic heterocycles. The number of rotatable bonds is 6. The summed E-state index contributed by atoms with van der Waals surface area (Å²) in [6.07, 6.45) is -3.22. The summed E-state index contributed by atoms with van der Waals surface area (Å²) in [6, 6.07) is 17.8. The number of carbonyl (C=O) groups is 4. The van der Waals surface area contributed by atoms with Gasteiger partial charge in [0.15, 0.2) is 5.82 Å². The number of alkyl halides is 3. The van der Waals surface area contributed by atoms with Crippen molar-refractivity contribution in [3.05, 3.63) is 128 Å². The molecule has 8 rings (SSSR count). The number of amides is 4. The fraction of sp³-hybridized carbons (Fsp3) is 0.256. The van der Waals surface area contributed by atoms with E-state index >= 15 is 4.79 Å². The van der Waals surface area contributed by atoms with Gasteiger partial charge in [-0.3, -0.25) is 29.6 Å². The van der Waals surface area contributed by atoms with Gasteiger partial charge >= 0.3 is 6.18 Å². The summed E-state index contributed by atoms with van der Waals surface area (Å²) in [5.41, 5.74) is 1.20. The molecule has 10 nitrogen and oxygen atoms in total. The summed E-state index contributed by atoms with van der Waals surface area (Å²) < 4.78 is 55.4. The number of phenols is 1. The molecule has 4 aromatic rings. The Kier molecular flexibility index (Phi) is 9.20. The van der Waals surface area contributed by atoms with E-state index in [0.29, 0.717) is 26.7 Å². The molecule has 2 N–H and O–H groups in total. The Labute approximate surface area is 334 Å². The van der Waals surface area contributed by atoms with Crippen LogP contribution in [0.3, 0.4) is 0 Å². The fourth-order valence-corrected chi connectivity index (χ4v) is 9.68. The summed E-state index contributed by atoms with van der Waals surface area (Å²) in [5, 5.41) is 14.2. The number of allylic oxidation sites excluding steroid dienone is 2. The molecule has 0 radical (unpaired) electrons.